The molecule has 0 radical (unpaired) electrons. The summed E-state index contributed by atoms with van der Waals surface area (Å²) in [7, 11) is 0. The van der Waals surface area contributed by atoms with Gasteiger partial charge in [0, 0.05) is 11.5 Å². The van der Waals surface area contributed by atoms with E-state index < -0.39 is 4.92 Å². The predicted octanol–water partition coefficient (Wildman–Crippen LogP) is 3.42. The van der Waals surface area contributed by atoms with Gasteiger partial charge < -0.3 is 10.8 Å². The molecule has 0 spiro atoms. The molecule has 114 valence electrons. The Labute approximate surface area is 134 Å². The van der Waals surface area contributed by atoms with E-state index in [1.165, 1.54) is 6.21 Å². The molecule has 7 nitrogen and oxygen atoms in total. The van der Waals surface area contributed by atoms with Crippen molar-refractivity contribution in [1.29, 1.82) is 10.8 Å². The number of rotatable bonds is 8. The van der Waals surface area contributed by atoms with E-state index >= 15 is 0 Å². The van der Waals surface area contributed by atoms with Crippen molar-refractivity contribution in [1.82, 2.24) is 9.78 Å². The monoisotopic (exact) mass is 373 g/mol. The third-order valence-electron chi connectivity index (χ3n) is 3.30. The lowest BCUT2D eigenvalue weighted by molar-refractivity contribution is -0.385. The Balaban J connectivity index is 2.23. The summed E-state index contributed by atoms with van der Waals surface area (Å²) in [6.07, 6.45) is 4.05. The van der Waals surface area contributed by atoms with Gasteiger partial charge in [0.25, 0.3) is 0 Å². The SMILES string of the molecule is N=CCCCCC(=N)c1c([N+](=O)[O-])c(Br)nn1C1CSC1. The molecule has 1 aromatic rings. The Morgan fingerprint density at radius 2 is 2.29 bits per heavy atom. The smallest absolute Gasteiger partial charge is 0.313 e. The Hall–Kier alpha value is -1.22. The normalized spacial score (nSPS) is 14.7. The minimum Gasteiger partial charge on any atom is -0.313 e. The first-order valence-corrected chi connectivity index (χ1v) is 8.58. The molecule has 9 heteroatoms. The number of halogens is 1. The van der Waals surface area contributed by atoms with E-state index in [1.807, 2.05) is 0 Å². The van der Waals surface area contributed by atoms with Crippen molar-refractivity contribution in [3.63, 3.8) is 0 Å². The molecule has 2 rings (SSSR count). The molecular formula is C12H16BrN5O2S. The molecule has 0 saturated carbocycles. The van der Waals surface area contributed by atoms with Crippen LogP contribution in [0.25, 0.3) is 0 Å². The molecule has 2 heterocycles. The summed E-state index contributed by atoms with van der Waals surface area (Å²) in [4.78, 5) is 10.8. The van der Waals surface area contributed by atoms with Crippen molar-refractivity contribution >= 4 is 45.3 Å². The van der Waals surface area contributed by atoms with Crippen molar-refractivity contribution in [3.8, 4) is 0 Å². The third-order valence-corrected chi connectivity index (χ3v) is 5.08. The Morgan fingerprint density at radius 3 is 2.81 bits per heavy atom. The van der Waals surface area contributed by atoms with E-state index in [-0.39, 0.29) is 22.0 Å². The third kappa shape index (κ3) is 3.52. The van der Waals surface area contributed by atoms with Gasteiger partial charge in [-0.1, -0.05) is 0 Å². The summed E-state index contributed by atoms with van der Waals surface area (Å²) in [5.41, 5.74) is 0.470. The van der Waals surface area contributed by atoms with E-state index in [9.17, 15) is 10.1 Å². The molecule has 0 amide bonds. The van der Waals surface area contributed by atoms with Gasteiger partial charge >= 0.3 is 5.69 Å². The highest BCUT2D eigenvalue weighted by Gasteiger charge is 2.34. The van der Waals surface area contributed by atoms with Crippen LogP contribution in [0.3, 0.4) is 0 Å². The lowest BCUT2D eigenvalue weighted by Crippen LogP contribution is -2.27. The zero-order valence-corrected chi connectivity index (χ0v) is 13.7. The van der Waals surface area contributed by atoms with Gasteiger partial charge in [0.05, 0.1) is 16.7 Å². The number of unbranched alkanes of at least 4 members (excludes halogenated alkanes) is 2. The van der Waals surface area contributed by atoms with Crippen LogP contribution in [0, 0.1) is 20.9 Å². The molecule has 0 unspecified atom stereocenters. The number of nitrogens with one attached hydrogen (secondary N) is 2. The van der Waals surface area contributed by atoms with Crippen molar-refractivity contribution in [3.05, 3.63) is 20.4 Å². The number of hydrogen-bond acceptors (Lipinski definition) is 6. The van der Waals surface area contributed by atoms with Crippen LogP contribution < -0.4 is 0 Å². The first kappa shape index (κ1) is 16.2. The van der Waals surface area contributed by atoms with Crippen molar-refractivity contribution in [2.24, 2.45) is 0 Å². The molecule has 1 aliphatic heterocycles. The van der Waals surface area contributed by atoms with Crippen molar-refractivity contribution < 1.29 is 4.92 Å². The lowest BCUT2D eigenvalue weighted by Gasteiger charge is -2.26. The minimum absolute atomic E-state index is 0.107. The first-order chi connectivity index (χ1) is 10.1. The molecule has 0 atom stereocenters. The van der Waals surface area contributed by atoms with Crippen LogP contribution in [0.2, 0.25) is 0 Å². The van der Waals surface area contributed by atoms with E-state index in [0.29, 0.717) is 18.5 Å². The van der Waals surface area contributed by atoms with Gasteiger partial charge in [-0.3, -0.25) is 14.8 Å². The second-order valence-electron chi connectivity index (χ2n) is 4.81. The van der Waals surface area contributed by atoms with Crippen LogP contribution in [0.5, 0.6) is 0 Å². The topological polar surface area (TPSA) is 109 Å². The van der Waals surface area contributed by atoms with Gasteiger partial charge in [0.2, 0.25) is 4.60 Å². The first-order valence-electron chi connectivity index (χ1n) is 6.63. The summed E-state index contributed by atoms with van der Waals surface area (Å²) < 4.78 is 1.83. The number of nitrogens with zero attached hydrogens (tertiary/aromatic N) is 3. The van der Waals surface area contributed by atoms with Crippen LogP contribution in [-0.4, -0.2) is 38.1 Å². The molecule has 21 heavy (non-hydrogen) atoms. The number of thioether (sulfide) groups is 1. The van der Waals surface area contributed by atoms with Gasteiger partial charge in [-0.2, -0.15) is 16.9 Å². The number of aromatic nitrogens is 2. The summed E-state index contributed by atoms with van der Waals surface area (Å²) in [5, 5.41) is 30.7. The summed E-state index contributed by atoms with van der Waals surface area (Å²) in [6.45, 7) is 0. The average molecular weight is 374 g/mol. The molecule has 0 bridgehead atoms. The Kier molecular flexibility index (Phi) is 5.51. The van der Waals surface area contributed by atoms with Crippen molar-refractivity contribution in [2.45, 2.75) is 31.7 Å². The lowest BCUT2D eigenvalue weighted by atomic mass is 10.1. The quantitative estimate of drug-likeness (QED) is 0.314. The largest absolute Gasteiger partial charge is 0.330 e. The van der Waals surface area contributed by atoms with E-state index in [1.54, 1.807) is 16.4 Å². The Bertz CT molecular complexity index is 570. The van der Waals surface area contributed by atoms with Gasteiger partial charge in [-0.15, -0.1) is 0 Å². The maximum atomic E-state index is 11.3. The van der Waals surface area contributed by atoms with Gasteiger partial charge in [-0.25, -0.2) is 0 Å². The summed E-state index contributed by atoms with van der Waals surface area (Å²) in [6, 6.07) is 0.136. The molecule has 1 saturated heterocycles. The predicted molar refractivity (Wildman–Crippen MR) is 87.0 cm³/mol. The maximum Gasteiger partial charge on any atom is 0.330 e. The zero-order chi connectivity index (χ0) is 15.4. The second-order valence-corrected chi connectivity index (χ2v) is 6.64. The highest BCUT2D eigenvalue weighted by Crippen LogP contribution is 2.36. The highest BCUT2D eigenvalue weighted by atomic mass is 79.9. The number of nitro groups is 1. The fraction of sp³-hybridized carbons (Fsp3) is 0.583. The maximum absolute atomic E-state index is 11.3. The van der Waals surface area contributed by atoms with E-state index in [4.69, 9.17) is 10.8 Å². The van der Waals surface area contributed by atoms with E-state index in [2.05, 4.69) is 21.0 Å². The van der Waals surface area contributed by atoms with Crippen molar-refractivity contribution in [2.75, 3.05) is 11.5 Å². The van der Waals surface area contributed by atoms with Gasteiger partial charge in [0.1, 0.15) is 0 Å². The fourth-order valence-corrected chi connectivity index (χ4v) is 3.37. The summed E-state index contributed by atoms with van der Waals surface area (Å²) >= 11 is 4.91. The standard InChI is InChI=1S/C12H16BrN5O2S/c13-12-11(18(19)20)10(9(15)4-2-1-3-5-14)17(16-12)8-6-21-7-8/h5,8,14-15H,1-4,6-7H2. The van der Waals surface area contributed by atoms with Gasteiger partial charge in [0.15, 0.2) is 5.69 Å². The summed E-state index contributed by atoms with van der Waals surface area (Å²) in [5.74, 6) is 1.75. The second kappa shape index (κ2) is 7.17. The molecule has 0 aromatic carbocycles. The molecular weight excluding hydrogens is 358 g/mol. The van der Waals surface area contributed by atoms with E-state index in [0.717, 1.165) is 24.3 Å². The van der Waals surface area contributed by atoms with Crippen LogP contribution >= 0.6 is 27.7 Å². The van der Waals surface area contributed by atoms with Crippen LogP contribution in [0.15, 0.2) is 4.60 Å². The Morgan fingerprint density at radius 1 is 1.57 bits per heavy atom. The molecule has 1 fully saturated rings. The average Bonchev–Trinajstić information content (AvgIpc) is 2.69. The minimum atomic E-state index is -0.471. The number of hydrogen-bond donors (Lipinski definition) is 2. The van der Waals surface area contributed by atoms with Crippen LogP contribution in [-0.2, 0) is 0 Å². The van der Waals surface area contributed by atoms with Gasteiger partial charge in [-0.05, 0) is 47.8 Å². The molecule has 0 aliphatic carbocycles. The molecule has 2 N–H and O–H groups in total. The van der Waals surface area contributed by atoms with Crippen LogP contribution in [0.1, 0.15) is 37.4 Å². The molecule has 1 aliphatic rings. The zero-order valence-electron chi connectivity index (χ0n) is 11.3. The molecule has 1 aromatic heterocycles. The van der Waals surface area contributed by atoms with Crippen LogP contribution in [0.4, 0.5) is 5.69 Å². The highest BCUT2D eigenvalue weighted by molar-refractivity contribution is 9.10. The fourth-order valence-electron chi connectivity index (χ4n) is 2.14.